The molecule has 5 heteroatoms. The summed E-state index contributed by atoms with van der Waals surface area (Å²) in [5, 5.41) is 5.97. The fourth-order valence-electron chi connectivity index (χ4n) is 3.09. The maximum absolute atomic E-state index is 12.6. The zero-order valence-corrected chi connectivity index (χ0v) is 17.3. The molecule has 0 radical (unpaired) electrons. The summed E-state index contributed by atoms with van der Waals surface area (Å²) in [5.74, 6) is 0.548. The van der Waals surface area contributed by atoms with E-state index in [-0.39, 0.29) is 17.2 Å². The second-order valence-corrected chi connectivity index (χ2v) is 8.47. The van der Waals surface area contributed by atoms with Crippen LogP contribution >= 0.6 is 15.9 Å². The highest BCUT2D eigenvalue weighted by atomic mass is 79.9. The van der Waals surface area contributed by atoms with E-state index >= 15 is 0 Å². The van der Waals surface area contributed by atoms with E-state index in [0.29, 0.717) is 11.5 Å². The monoisotopic (exact) mass is 428 g/mol. The van der Waals surface area contributed by atoms with Crippen molar-refractivity contribution in [3.8, 4) is 0 Å². The van der Waals surface area contributed by atoms with Crippen molar-refractivity contribution in [3.05, 3.63) is 64.1 Å². The van der Waals surface area contributed by atoms with Crippen LogP contribution < -0.4 is 10.6 Å². The zero-order valence-electron chi connectivity index (χ0n) is 15.7. The quantitative estimate of drug-likeness (QED) is 0.658. The van der Waals surface area contributed by atoms with E-state index in [1.807, 2.05) is 36.4 Å². The van der Waals surface area contributed by atoms with Gasteiger partial charge >= 0.3 is 0 Å². The van der Waals surface area contributed by atoms with Gasteiger partial charge in [-0.3, -0.25) is 9.59 Å². The van der Waals surface area contributed by atoms with Crippen LogP contribution in [0.5, 0.6) is 0 Å². The number of nitrogens with one attached hydrogen (secondary N) is 2. The zero-order chi connectivity index (χ0) is 19.4. The second kappa shape index (κ2) is 8.26. The average Bonchev–Trinajstić information content (AvgIpc) is 3.44. The molecule has 1 saturated carbocycles. The minimum Gasteiger partial charge on any atom is -0.355 e. The van der Waals surface area contributed by atoms with Crippen molar-refractivity contribution >= 4 is 33.4 Å². The van der Waals surface area contributed by atoms with Gasteiger partial charge in [-0.15, -0.1) is 0 Å². The van der Waals surface area contributed by atoms with Gasteiger partial charge in [-0.2, -0.15) is 0 Å². The first-order valence-corrected chi connectivity index (χ1v) is 10.2. The van der Waals surface area contributed by atoms with Gasteiger partial charge in [0.1, 0.15) is 0 Å². The number of amides is 2. The van der Waals surface area contributed by atoms with Crippen LogP contribution in [0.4, 0.5) is 5.69 Å². The summed E-state index contributed by atoms with van der Waals surface area (Å²) in [6.07, 6.45) is 2.75. The number of hydrogen-bond acceptors (Lipinski definition) is 2. The van der Waals surface area contributed by atoms with Gasteiger partial charge in [-0.05, 0) is 67.1 Å². The SMILES string of the molecule is CC(C)CCNC(=O)C1(c2ccc(NC(=O)c3ccc(Br)cc3)cc2)CC1. The van der Waals surface area contributed by atoms with Crippen molar-refractivity contribution in [1.82, 2.24) is 5.32 Å². The number of carbonyl (C=O) groups excluding carboxylic acids is 2. The van der Waals surface area contributed by atoms with Gasteiger partial charge in [0.05, 0.1) is 5.41 Å². The Hall–Kier alpha value is -2.14. The predicted octanol–water partition coefficient (Wildman–Crippen LogP) is 4.90. The summed E-state index contributed by atoms with van der Waals surface area (Å²) in [5.41, 5.74) is 1.96. The maximum atomic E-state index is 12.6. The summed E-state index contributed by atoms with van der Waals surface area (Å²) >= 11 is 3.36. The summed E-state index contributed by atoms with van der Waals surface area (Å²) in [7, 11) is 0. The number of rotatable bonds is 7. The van der Waals surface area contributed by atoms with E-state index in [1.54, 1.807) is 12.1 Å². The minimum atomic E-state index is -0.384. The molecule has 1 fully saturated rings. The van der Waals surface area contributed by atoms with Gasteiger partial charge in [0.15, 0.2) is 0 Å². The third kappa shape index (κ3) is 4.78. The van der Waals surface area contributed by atoms with Gasteiger partial charge in [0.25, 0.3) is 5.91 Å². The Bertz CT molecular complexity index is 809. The molecule has 0 aromatic heterocycles. The Morgan fingerprint density at radius 2 is 1.67 bits per heavy atom. The molecule has 1 aliphatic carbocycles. The van der Waals surface area contributed by atoms with Crippen molar-refractivity contribution in [2.45, 2.75) is 38.5 Å². The van der Waals surface area contributed by atoms with Crippen LogP contribution in [0, 0.1) is 5.92 Å². The van der Waals surface area contributed by atoms with E-state index in [0.717, 1.165) is 41.5 Å². The summed E-state index contributed by atoms with van der Waals surface area (Å²) in [6.45, 7) is 5.03. The third-order valence-corrected chi connectivity index (χ3v) is 5.52. The minimum absolute atomic E-state index is 0.120. The third-order valence-electron chi connectivity index (χ3n) is 4.99. The molecule has 0 bridgehead atoms. The van der Waals surface area contributed by atoms with E-state index < -0.39 is 0 Å². The fourth-order valence-corrected chi connectivity index (χ4v) is 3.36. The lowest BCUT2D eigenvalue weighted by atomic mass is 9.94. The normalized spacial score (nSPS) is 14.7. The van der Waals surface area contributed by atoms with Crippen LogP contribution in [0.15, 0.2) is 53.0 Å². The lowest BCUT2D eigenvalue weighted by molar-refractivity contribution is -0.123. The Balaban J connectivity index is 1.62. The molecule has 27 heavy (non-hydrogen) atoms. The summed E-state index contributed by atoms with van der Waals surface area (Å²) < 4.78 is 0.935. The number of anilines is 1. The van der Waals surface area contributed by atoms with Crippen molar-refractivity contribution in [1.29, 1.82) is 0 Å². The van der Waals surface area contributed by atoms with Gasteiger partial charge in [0, 0.05) is 22.3 Å². The first-order valence-electron chi connectivity index (χ1n) is 9.36. The molecule has 0 heterocycles. The Morgan fingerprint density at radius 3 is 2.22 bits per heavy atom. The highest BCUT2D eigenvalue weighted by Gasteiger charge is 2.50. The van der Waals surface area contributed by atoms with Gasteiger partial charge in [-0.25, -0.2) is 0 Å². The van der Waals surface area contributed by atoms with Crippen molar-refractivity contribution in [3.63, 3.8) is 0 Å². The Morgan fingerprint density at radius 1 is 1.04 bits per heavy atom. The first kappa shape index (κ1) is 19.6. The van der Waals surface area contributed by atoms with Crippen LogP contribution in [0.2, 0.25) is 0 Å². The standard InChI is InChI=1S/C22H25BrN2O2/c1-15(2)11-14-24-21(27)22(12-13-22)17-5-9-19(10-6-17)25-20(26)16-3-7-18(23)8-4-16/h3-10,15H,11-14H2,1-2H3,(H,24,27)(H,25,26). The molecular formula is C22H25BrN2O2. The highest BCUT2D eigenvalue weighted by Crippen LogP contribution is 2.48. The van der Waals surface area contributed by atoms with Crippen molar-refractivity contribution in [2.24, 2.45) is 5.92 Å². The molecule has 0 atom stereocenters. The molecule has 0 aliphatic heterocycles. The van der Waals surface area contributed by atoms with Crippen LogP contribution in [0.1, 0.15) is 49.0 Å². The second-order valence-electron chi connectivity index (χ2n) is 7.56. The van der Waals surface area contributed by atoms with Crippen molar-refractivity contribution in [2.75, 3.05) is 11.9 Å². The molecule has 142 valence electrons. The Labute approximate surface area is 168 Å². The summed E-state index contributed by atoms with van der Waals surface area (Å²) in [6, 6.07) is 14.9. The lowest BCUT2D eigenvalue weighted by Gasteiger charge is -2.17. The number of halogens is 1. The van der Waals surface area contributed by atoms with Crippen LogP contribution in [-0.4, -0.2) is 18.4 Å². The molecule has 0 saturated heterocycles. The van der Waals surface area contributed by atoms with Crippen molar-refractivity contribution < 1.29 is 9.59 Å². The van der Waals surface area contributed by atoms with E-state index in [2.05, 4.69) is 40.4 Å². The molecular weight excluding hydrogens is 404 g/mol. The molecule has 0 unspecified atom stereocenters. The van der Waals surface area contributed by atoms with Gasteiger partial charge in [-0.1, -0.05) is 41.9 Å². The molecule has 2 aromatic carbocycles. The number of benzene rings is 2. The van der Waals surface area contributed by atoms with E-state index in [9.17, 15) is 9.59 Å². The van der Waals surface area contributed by atoms with Gasteiger partial charge < -0.3 is 10.6 Å². The molecule has 4 nitrogen and oxygen atoms in total. The number of hydrogen-bond donors (Lipinski definition) is 2. The maximum Gasteiger partial charge on any atom is 0.255 e. The number of carbonyl (C=O) groups is 2. The molecule has 2 N–H and O–H groups in total. The average molecular weight is 429 g/mol. The van der Waals surface area contributed by atoms with Gasteiger partial charge in [0.2, 0.25) is 5.91 Å². The molecule has 2 amide bonds. The van der Waals surface area contributed by atoms with Crippen LogP contribution in [0.25, 0.3) is 0 Å². The predicted molar refractivity (Wildman–Crippen MR) is 112 cm³/mol. The smallest absolute Gasteiger partial charge is 0.255 e. The molecule has 0 spiro atoms. The molecule has 2 aromatic rings. The van der Waals surface area contributed by atoms with E-state index in [1.165, 1.54) is 0 Å². The van der Waals surface area contributed by atoms with Crippen LogP contribution in [0.3, 0.4) is 0 Å². The fraction of sp³-hybridized carbons (Fsp3) is 0.364. The molecule has 1 aliphatic rings. The summed E-state index contributed by atoms with van der Waals surface area (Å²) in [4.78, 5) is 24.9. The first-order chi connectivity index (χ1) is 12.9. The Kier molecular flexibility index (Phi) is 6.00. The lowest BCUT2D eigenvalue weighted by Crippen LogP contribution is -2.35. The van der Waals surface area contributed by atoms with E-state index in [4.69, 9.17) is 0 Å². The topological polar surface area (TPSA) is 58.2 Å². The largest absolute Gasteiger partial charge is 0.355 e. The highest BCUT2D eigenvalue weighted by molar-refractivity contribution is 9.10. The van der Waals surface area contributed by atoms with Crippen LogP contribution in [-0.2, 0) is 10.2 Å². The molecule has 3 rings (SSSR count).